The first-order valence-electron chi connectivity index (χ1n) is 6.26. The van der Waals surface area contributed by atoms with Crippen molar-refractivity contribution in [3.05, 3.63) is 36.0 Å². The van der Waals surface area contributed by atoms with Crippen LogP contribution in [0, 0.1) is 0 Å². The van der Waals surface area contributed by atoms with Crippen molar-refractivity contribution in [3.63, 3.8) is 0 Å². The highest BCUT2D eigenvalue weighted by Crippen LogP contribution is 2.23. The maximum absolute atomic E-state index is 9.23. The quantitative estimate of drug-likeness (QED) is 0.738. The van der Waals surface area contributed by atoms with Crippen LogP contribution in [-0.4, -0.2) is 35.1 Å². The first-order valence-corrected chi connectivity index (χ1v) is 6.26. The van der Waals surface area contributed by atoms with Crippen LogP contribution in [0.2, 0.25) is 0 Å². The molecule has 0 saturated heterocycles. The lowest BCUT2D eigenvalue weighted by Crippen LogP contribution is -2.23. The van der Waals surface area contributed by atoms with Gasteiger partial charge in [0.05, 0.1) is 25.1 Å². The first kappa shape index (κ1) is 13.6. The van der Waals surface area contributed by atoms with Gasteiger partial charge in [0.2, 0.25) is 0 Å². The molecular weight excluding hydrogens is 242 g/mol. The fraction of sp³-hybridized carbons (Fsp3) is 0.357. The van der Waals surface area contributed by atoms with E-state index in [-0.39, 0.29) is 6.10 Å². The standard InChI is InChI=1S/C14H19N3O2/c1-10(18)7-15-8-12-9-16-17-14(12)11-3-5-13(19-2)6-4-11/h3-6,9-10,15,18H,7-8H2,1-2H3,(H,16,17). The Morgan fingerprint density at radius 2 is 2.11 bits per heavy atom. The number of aromatic amines is 1. The molecule has 5 nitrogen and oxygen atoms in total. The Morgan fingerprint density at radius 1 is 1.37 bits per heavy atom. The molecule has 0 aliphatic heterocycles. The number of aliphatic hydroxyl groups is 1. The number of nitrogens with zero attached hydrogens (tertiary/aromatic N) is 1. The van der Waals surface area contributed by atoms with Gasteiger partial charge in [-0.05, 0) is 31.2 Å². The normalized spacial score (nSPS) is 12.4. The number of aromatic nitrogens is 2. The Labute approximate surface area is 112 Å². The molecule has 1 unspecified atom stereocenters. The number of H-pyrrole nitrogens is 1. The van der Waals surface area contributed by atoms with Crippen LogP contribution < -0.4 is 10.1 Å². The predicted octanol–water partition coefficient (Wildman–Crippen LogP) is 1.56. The van der Waals surface area contributed by atoms with Gasteiger partial charge >= 0.3 is 0 Å². The molecule has 0 spiro atoms. The van der Waals surface area contributed by atoms with Crippen molar-refractivity contribution < 1.29 is 9.84 Å². The summed E-state index contributed by atoms with van der Waals surface area (Å²) in [5.41, 5.74) is 3.12. The maximum atomic E-state index is 9.23. The Morgan fingerprint density at radius 3 is 2.74 bits per heavy atom. The highest BCUT2D eigenvalue weighted by Gasteiger charge is 2.08. The van der Waals surface area contributed by atoms with Gasteiger partial charge in [0.25, 0.3) is 0 Å². The van der Waals surface area contributed by atoms with Crippen LogP contribution in [-0.2, 0) is 6.54 Å². The van der Waals surface area contributed by atoms with Gasteiger partial charge < -0.3 is 15.2 Å². The van der Waals surface area contributed by atoms with E-state index in [1.165, 1.54) is 0 Å². The van der Waals surface area contributed by atoms with Crippen LogP contribution in [0.1, 0.15) is 12.5 Å². The molecule has 19 heavy (non-hydrogen) atoms. The van der Waals surface area contributed by atoms with Crippen LogP contribution in [0.5, 0.6) is 5.75 Å². The number of nitrogens with one attached hydrogen (secondary N) is 2. The second-order valence-electron chi connectivity index (χ2n) is 4.48. The second-order valence-corrected chi connectivity index (χ2v) is 4.48. The molecule has 2 aromatic rings. The molecule has 0 amide bonds. The summed E-state index contributed by atoms with van der Waals surface area (Å²) in [6.07, 6.45) is 1.45. The number of ether oxygens (including phenoxy) is 1. The van der Waals surface area contributed by atoms with E-state index in [1.807, 2.05) is 24.3 Å². The van der Waals surface area contributed by atoms with Gasteiger partial charge in [0.1, 0.15) is 5.75 Å². The minimum Gasteiger partial charge on any atom is -0.497 e. The SMILES string of the molecule is COc1ccc(-c2[nH]ncc2CNCC(C)O)cc1. The topological polar surface area (TPSA) is 70.2 Å². The molecule has 3 N–H and O–H groups in total. The molecule has 1 atom stereocenters. The van der Waals surface area contributed by atoms with Crippen molar-refractivity contribution in [2.75, 3.05) is 13.7 Å². The van der Waals surface area contributed by atoms with Crippen LogP contribution in [0.15, 0.2) is 30.5 Å². The molecule has 0 fully saturated rings. The molecule has 0 bridgehead atoms. The molecular formula is C14H19N3O2. The Kier molecular flexibility index (Phi) is 4.54. The van der Waals surface area contributed by atoms with Gasteiger partial charge in [-0.15, -0.1) is 0 Å². The van der Waals surface area contributed by atoms with Crippen molar-refractivity contribution in [2.24, 2.45) is 0 Å². The number of benzene rings is 1. The monoisotopic (exact) mass is 261 g/mol. The highest BCUT2D eigenvalue weighted by molar-refractivity contribution is 5.63. The average molecular weight is 261 g/mol. The van der Waals surface area contributed by atoms with Gasteiger partial charge in [-0.1, -0.05) is 0 Å². The lowest BCUT2D eigenvalue weighted by Gasteiger charge is -2.08. The van der Waals surface area contributed by atoms with E-state index in [0.29, 0.717) is 13.1 Å². The minimum absolute atomic E-state index is 0.351. The Balaban J connectivity index is 2.09. The summed E-state index contributed by atoms with van der Waals surface area (Å²) in [5.74, 6) is 0.831. The summed E-state index contributed by atoms with van der Waals surface area (Å²) in [7, 11) is 1.65. The van der Waals surface area contributed by atoms with E-state index >= 15 is 0 Å². The van der Waals surface area contributed by atoms with Crippen LogP contribution in [0.25, 0.3) is 11.3 Å². The number of hydrogen-bond acceptors (Lipinski definition) is 4. The van der Waals surface area contributed by atoms with E-state index in [9.17, 15) is 5.11 Å². The molecule has 0 radical (unpaired) electrons. The fourth-order valence-corrected chi connectivity index (χ4v) is 1.87. The smallest absolute Gasteiger partial charge is 0.118 e. The van der Waals surface area contributed by atoms with Gasteiger partial charge in [0, 0.05) is 24.2 Å². The van der Waals surface area contributed by atoms with E-state index in [0.717, 1.165) is 22.6 Å². The first-order chi connectivity index (χ1) is 9.20. The maximum Gasteiger partial charge on any atom is 0.118 e. The number of aliphatic hydroxyl groups excluding tert-OH is 1. The Hall–Kier alpha value is -1.85. The van der Waals surface area contributed by atoms with Crippen molar-refractivity contribution in [3.8, 4) is 17.0 Å². The third-order valence-electron chi connectivity index (χ3n) is 2.85. The molecule has 102 valence electrons. The van der Waals surface area contributed by atoms with Crippen LogP contribution in [0.3, 0.4) is 0 Å². The number of rotatable bonds is 6. The zero-order chi connectivity index (χ0) is 13.7. The van der Waals surface area contributed by atoms with Crippen LogP contribution >= 0.6 is 0 Å². The molecule has 1 aromatic carbocycles. The van der Waals surface area contributed by atoms with Crippen molar-refractivity contribution in [1.29, 1.82) is 0 Å². The largest absolute Gasteiger partial charge is 0.497 e. The third-order valence-corrected chi connectivity index (χ3v) is 2.85. The fourth-order valence-electron chi connectivity index (χ4n) is 1.87. The van der Waals surface area contributed by atoms with Gasteiger partial charge in [-0.25, -0.2) is 0 Å². The summed E-state index contributed by atoms with van der Waals surface area (Å²) in [5, 5.41) is 19.5. The van der Waals surface area contributed by atoms with E-state index in [1.54, 1.807) is 20.2 Å². The summed E-state index contributed by atoms with van der Waals surface area (Å²) in [4.78, 5) is 0. The summed E-state index contributed by atoms with van der Waals surface area (Å²) in [6, 6.07) is 7.82. The van der Waals surface area contributed by atoms with E-state index in [2.05, 4.69) is 15.5 Å². The molecule has 0 aliphatic rings. The summed E-state index contributed by atoms with van der Waals surface area (Å²) < 4.78 is 5.14. The second kappa shape index (κ2) is 6.36. The highest BCUT2D eigenvalue weighted by atomic mass is 16.5. The summed E-state index contributed by atoms with van der Waals surface area (Å²) in [6.45, 7) is 2.99. The predicted molar refractivity (Wildman–Crippen MR) is 74.0 cm³/mol. The van der Waals surface area contributed by atoms with Gasteiger partial charge in [0.15, 0.2) is 0 Å². The molecule has 0 aliphatic carbocycles. The molecule has 1 aromatic heterocycles. The van der Waals surface area contributed by atoms with Gasteiger partial charge in [-0.3, -0.25) is 5.10 Å². The molecule has 5 heteroatoms. The van der Waals surface area contributed by atoms with Gasteiger partial charge in [-0.2, -0.15) is 5.10 Å². The van der Waals surface area contributed by atoms with Crippen molar-refractivity contribution in [2.45, 2.75) is 19.6 Å². The lowest BCUT2D eigenvalue weighted by atomic mass is 10.1. The molecule has 1 heterocycles. The third kappa shape index (κ3) is 3.56. The van der Waals surface area contributed by atoms with Crippen LogP contribution in [0.4, 0.5) is 0 Å². The zero-order valence-corrected chi connectivity index (χ0v) is 11.2. The Bertz CT molecular complexity index is 506. The number of methoxy groups -OCH3 is 1. The number of hydrogen-bond donors (Lipinski definition) is 3. The van der Waals surface area contributed by atoms with E-state index < -0.39 is 0 Å². The molecule has 0 saturated carbocycles. The average Bonchev–Trinajstić information content (AvgIpc) is 2.87. The van der Waals surface area contributed by atoms with Crippen molar-refractivity contribution >= 4 is 0 Å². The van der Waals surface area contributed by atoms with E-state index in [4.69, 9.17) is 4.74 Å². The lowest BCUT2D eigenvalue weighted by molar-refractivity contribution is 0.191. The minimum atomic E-state index is -0.351. The zero-order valence-electron chi connectivity index (χ0n) is 11.2. The molecule has 2 rings (SSSR count). The van der Waals surface area contributed by atoms with Crippen molar-refractivity contribution in [1.82, 2.24) is 15.5 Å². The summed E-state index contributed by atoms with van der Waals surface area (Å²) >= 11 is 0.